The minimum atomic E-state index is -5.06. The first kappa shape index (κ1) is 30.7. The predicted molar refractivity (Wildman–Crippen MR) is 145 cm³/mol. The Hall–Kier alpha value is -3.74. The summed E-state index contributed by atoms with van der Waals surface area (Å²) in [4.78, 5) is 20.1. The van der Waals surface area contributed by atoms with Gasteiger partial charge in [0.25, 0.3) is 5.91 Å². The lowest BCUT2D eigenvalue weighted by molar-refractivity contribution is -0.143. The number of morpholine rings is 1. The number of amides is 1. The number of hydrogen-bond donors (Lipinski definition) is 0. The zero-order valence-corrected chi connectivity index (χ0v) is 24.2. The first-order valence-corrected chi connectivity index (χ1v) is 13.7. The average molecular weight is 612 g/mol. The fraction of sp³-hybridized carbons (Fsp3) is 0.467. The summed E-state index contributed by atoms with van der Waals surface area (Å²) in [7, 11) is 1.47. The smallest absolute Gasteiger partial charge is 0.416 e. The van der Waals surface area contributed by atoms with Crippen molar-refractivity contribution >= 4 is 5.91 Å². The van der Waals surface area contributed by atoms with Crippen molar-refractivity contribution in [1.29, 1.82) is 0 Å². The van der Waals surface area contributed by atoms with E-state index < -0.39 is 40.5 Å². The van der Waals surface area contributed by atoms with E-state index >= 15 is 0 Å². The van der Waals surface area contributed by atoms with Crippen LogP contribution in [0.5, 0.6) is 11.5 Å². The lowest BCUT2D eigenvalue weighted by Crippen LogP contribution is -2.55. The molecule has 1 fully saturated rings. The van der Waals surface area contributed by atoms with Gasteiger partial charge in [0, 0.05) is 18.2 Å². The molecule has 1 saturated heterocycles. The molecule has 0 aliphatic carbocycles. The number of benzene rings is 2. The van der Waals surface area contributed by atoms with Gasteiger partial charge in [0.1, 0.15) is 5.82 Å². The van der Waals surface area contributed by atoms with E-state index in [2.05, 4.69) is 4.98 Å². The Labute approximate surface area is 244 Å². The summed E-state index contributed by atoms with van der Waals surface area (Å²) >= 11 is 0. The lowest BCUT2D eigenvalue weighted by atomic mass is 9.97. The average Bonchev–Trinajstić information content (AvgIpc) is 3.31. The molecule has 0 spiro atoms. The van der Waals surface area contributed by atoms with Gasteiger partial charge in [0.2, 0.25) is 0 Å². The third-order valence-corrected chi connectivity index (χ3v) is 7.51. The second-order valence-corrected chi connectivity index (χ2v) is 11.5. The molecule has 7 nitrogen and oxygen atoms in total. The number of carbonyl (C=O) groups excluding carboxylic acids is 1. The third-order valence-electron chi connectivity index (χ3n) is 7.51. The van der Waals surface area contributed by atoms with Gasteiger partial charge in [-0.1, -0.05) is 0 Å². The molecular weight excluding hydrogens is 580 g/mol. The number of nitrogens with zero attached hydrogens (tertiary/aromatic N) is 3. The predicted octanol–water partition coefficient (Wildman–Crippen LogP) is 6.72. The molecule has 0 bridgehead atoms. The zero-order valence-electron chi connectivity index (χ0n) is 24.2. The largest absolute Gasteiger partial charge is 0.493 e. The maximum Gasteiger partial charge on any atom is 0.416 e. The van der Waals surface area contributed by atoms with Crippen LogP contribution in [0.1, 0.15) is 60.6 Å². The second kappa shape index (κ2) is 10.8. The molecule has 43 heavy (non-hydrogen) atoms. The van der Waals surface area contributed by atoms with Crippen molar-refractivity contribution in [2.24, 2.45) is 0 Å². The van der Waals surface area contributed by atoms with Crippen LogP contribution in [0.4, 0.5) is 26.3 Å². The highest BCUT2D eigenvalue weighted by atomic mass is 19.4. The summed E-state index contributed by atoms with van der Waals surface area (Å²) in [6.45, 7) is 8.00. The molecule has 3 aromatic rings. The van der Waals surface area contributed by atoms with Crippen molar-refractivity contribution in [2.45, 2.75) is 64.5 Å². The van der Waals surface area contributed by atoms with Crippen molar-refractivity contribution in [3.63, 3.8) is 0 Å². The van der Waals surface area contributed by atoms with Crippen molar-refractivity contribution in [3.8, 4) is 28.6 Å². The van der Waals surface area contributed by atoms with Gasteiger partial charge in [-0.25, -0.2) is 4.98 Å². The Morgan fingerprint density at radius 3 is 2.19 bits per heavy atom. The fourth-order valence-electron chi connectivity index (χ4n) is 5.51. The highest BCUT2D eigenvalue weighted by Crippen LogP contribution is 2.43. The van der Waals surface area contributed by atoms with E-state index in [0.717, 1.165) is 0 Å². The van der Waals surface area contributed by atoms with Gasteiger partial charge < -0.3 is 19.1 Å². The zero-order chi connectivity index (χ0) is 31.5. The lowest BCUT2D eigenvalue weighted by Gasteiger charge is -2.41. The van der Waals surface area contributed by atoms with Gasteiger partial charge in [0.15, 0.2) is 17.2 Å². The van der Waals surface area contributed by atoms with Crippen molar-refractivity contribution in [1.82, 2.24) is 14.5 Å². The Bertz CT molecular complexity index is 1530. The Morgan fingerprint density at radius 2 is 1.63 bits per heavy atom. The molecule has 232 valence electrons. The molecule has 5 rings (SSSR count). The van der Waals surface area contributed by atoms with Gasteiger partial charge in [0.05, 0.1) is 54.5 Å². The SMILES string of the molecule is COc1cc2c(cc1OC(C)C)-n1c(-c3cc(C(F)(F)F)cc(C(F)(F)F)c3)nc(C(=O)N3CCOCC3(C)C)c1CC2. The highest BCUT2D eigenvalue weighted by molar-refractivity contribution is 5.95. The fourth-order valence-corrected chi connectivity index (χ4v) is 5.51. The third kappa shape index (κ3) is 5.78. The maximum atomic E-state index is 14.0. The normalized spacial score (nSPS) is 16.6. The molecule has 0 radical (unpaired) electrons. The van der Waals surface area contributed by atoms with E-state index in [4.69, 9.17) is 14.2 Å². The van der Waals surface area contributed by atoms with Gasteiger partial charge in [-0.15, -0.1) is 0 Å². The second-order valence-electron chi connectivity index (χ2n) is 11.5. The maximum absolute atomic E-state index is 14.0. The van der Waals surface area contributed by atoms with Crippen LogP contribution in [-0.2, 0) is 29.9 Å². The molecule has 1 aromatic heterocycles. The van der Waals surface area contributed by atoms with Crippen molar-refractivity contribution in [2.75, 3.05) is 26.9 Å². The molecule has 0 unspecified atom stereocenters. The molecule has 0 saturated carbocycles. The topological polar surface area (TPSA) is 65.8 Å². The molecular formula is C30H31F6N3O4. The molecule has 1 amide bonds. The van der Waals surface area contributed by atoms with Crippen LogP contribution in [0.15, 0.2) is 30.3 Å². The number of hydrogen-bond acceptors (Lipinski definition) is 5. The molecule has 2 aromatic carbocycles. The molecule has 13 heteroatoms. The number of ether oxygens (including phenoxy) is 3. The Balaban J connectivity index is 1.80. The molecule has 2 aliphatic rings. The van der Waals surface area contributed by atoms with Crippen LogP contribution in [0.2, 0.25) is 0 Å². The summed E-state index contributed by atoms with van der Waals surface area (Å²) in [5, 5.41) is 0. The number of carbonyl (C=O) groups is 1. The van der Waals surface area contributed by atoms with Crippen LogP contribution in [-0.4, -0.2) is 58.9 Å². The van der Waals surface area contributed by atoms with Crippen LogP contribution in [0.25, 0.3) is 17.1 Å². The summed E-state index contributed by atoms with van der Waals surface area (Å²) in [6, 6.07) is 4.66. The van der Waals surface area contributed by atoms with Gasteiger partial charge in [-0.3, -0.25) is 9.36 Å². The first-order chi connectivity index (χ1) is 20.0. The number of aromatic nitrogens is 2. The van der Waals surface area contributed by atoms with E-state index in [9.17, 15) is 31.1 Å². The summed E-state index contributed by atoms with van der Waals surface area (Å²) in [5.74, 6) is 0.0397. The number of halogens is 6. The highest BCUT2D eigenvalue weighted by Gasteiger charge is 2.41. The van der Waals surface area contributed by atoms with Crippen molar-refractivity contribution in [3.05, 3.63) is 58.4 Å². The van der Waals surface area contributed by atoms with E-state index in [1.165, 1.54) is 11.7 Å². The summed E-state index contributed by atoms with van der Waals surface area (Å²) in [5.41, 5.74) is -2.65. The van der Waals surface area contributed by atoms with Crippen LogP contribution < -0.4 is 9.47 Å². The number of alkyl halides is 6. The summed E-state index contributed by atoms with van der Waals surface area (Å²) in [6.07, 6.45) is -9.72. The van der Waals surface area contributed by atoms with Crippen LogP contribution >= 0.6 is 0 Å². The summed E-state index contributed by atoms with van der Waals surface area (Å²) < 4.78 is 102. The monoisotopic (exact) mass is 611 g/mol. The van der Waals surface area contributed by atoms with E-state index in [1.807, 2.05) is 13.8 Å². The van der Waals surface area contributed by atoms with Gasteiger partial charge in [-0.05, 0) is 70.4 Å². The van der Waals surface area contributed by atoms with E-state index in [1.54, 1.807) is 30.9 Å². The Kier molecular flexibility index (Phi) is 7.68. The first-order valence-electron chi connectivity index (χ1n) is 13.7. The van der Waals surface area contributed by atoms with Crippen LogP contribution in [0, 0.1) is 0 Å². The molecule has 0 N–H and O–H groups in total. The quantitative estimate of drug-likeness (QED) is 0.300. The van der Waals surface area contributed by atoms with Gasteiger partial charge in [-0.2, -0.15) is 26.3 Å². The number of rotatable bonds is 5. The minimum Gasteiger partial charge on any atom is -0.493 e. The molecule has 3 heterocycles. The van der Waals surface area contributed by atoms with Crippen molar-refractivity contribution < 1.29 is 45.3 Å². The molecule has 2 aliphatic heterocycles. The number of methoxy groups -OCH3 is 1. The minimum absolute atomic E-state index is 0.0382. The van der Waals surface area contributed by atoms with Gasteiger partial charge >= 0.3 is 12.4 Å². The standard InChI is InChI=1S/C30H31F6N3O4/c1-16(2)43-24-14-22-17(12-23(24)41-5)6-7-21-25(27(40)38-8-9-42-15-28(38,3)4)37-26(39(21)22)18-10-19(29(31,32)33)13-20(11-18)30(34,35)36/h10-14,16H,6-9,15H2,1-5H3. The van der Waals surface area contributed by atoms with Crippen LogP contribution in [0.3, 0.4) is 0 Å². The Morgan fingerprint density at radius 1 is 0.977 bits per heavy atom. The van der Waals surface area contributed by atoms with E-state index in [0.29, 0.717) is 47.0 Å². The van der Waals surface area contributed by atoms with E-state index in [-0.39, 0.29) is 49.9 Å². The number of fused-ring (bicyclic) bond motifs is 3. The number of aryl methyl sites for hydroxylation is 1. The number of imidazole rings is 1. The molecule has 0 atom stereocenters.